The van der Waals surface area contributed by atoms with Crippen molar-refractivity contribution < 1.29 is 0 Å². The third-order valence-corrected chi connectivity index (χ3v) is 2.45. The Morgan fingerprint density at radius 1 is 1.43 bits per heavy atom. The van der Waals surface area contributed by atoms with E-state index in [2.05, 4.69) is 37.1 Å². The second kappa shape index (κ2) is 5.76. The molecule has 0 saturated heterocycles. The van der Waals surface area contributed by atoms with Crippen LogP contribution in [0.4, 0.5) is 0 Å². The minimum Gasteiger partial charge on any atom is -0.312 e. The van der Waals surface area contributed by atoms with Gasteiger partial charge in [0.1, 0.15) is 0 Å². The van der Waals surface area contributed by atoms with Gasteiger partial charge in [0.15, 0.2) is 0 Å². The van der Waals surface area contributed by atoms with Crippen molar-refractivity contribution in [2.75, 3.05) is 6.54 Å². The zero-order valence-electron chi connectivity index (χ0n) is 9.38. The van der Waals surface area contributed by atoms with Crippen LogP contribution < -0.4 is 5.32 Å². The molecule has 0 aromatic carbocycles. The molecule has 78 valence electrons. The van der Waals surface area contributed by atoms with E-state index < -0.39 is 0 Å². The quantitative estimate of drug-likeness (QED) is 0.775. The van der Waals surface area contributed by atoms with Gasteiger partial charge in [0.25, 0.3) is 0 Å². The Morgan fingerprint density at radius 3 is 2.86 bits per heavy atom. The van der Waals surface area contributed by atoms with E-state index in [1.165, 1.54) is 17.5 Å². The van der Waals surface area contributed by atoms with Crippen LogP contribution in [0.5, 0.6) is 0 Å². The van der Waals surface area contributed by atoms with Gasteiger partial charge < -0.3 is 5.32 Å². The van der Waals surface area contributed by atoms with Crippen LogP contribution in [0.1, 0.15) is 31.4 Å². The van der Waals surface area contributed by atoms with E-state index in [9.17, 15) is 0 Å². The van der Waals surface area contributed by atoms with Gasteiger partial charge in [0, 0.05) is 18.9 Å². The van der Waals surface area contributed by atoms with Gasteiger partial charge in [0.2, 0.25) is 0 Å². The van der Waals surface area contributed by atoms with E-state index in [1.54, 1.807) is 0 Å². The normalized spacial score (nSPS) is 12.8. The van der Waals surface area contributed by atoms with Crippen molar-refractivity contribution in [1.29, 1.82) is 0 Å². The maximum Gasteiger partial charge on any atom is 0.0313 e. The number of hydrogen-bond acceptors (Lipinski definition) is 2. The first-order valence-electron chi connectivity index (χ1n) is 5.33. The SMILES string of the molecule is CCC(C)CNCc1cncc(C)c1. The van der Waals surface area contributed by atoms with Crippen molar-refractivity contribution in [3.8, 4) is 0 Å². The number of hydrogen-bond donors (Lipinski definition) is 1. The summed E-state index contributed by atoms with van der Waals surface area (Å²) in [4.78, 5) is 4.16. The molecule has 0 radical (unpaired) electrons. The molecule has 14 heavy (non-hydrogen) atoms. The molecule has 1 N–H and O–H groups in total. The summed E-state index contributed by atoms with van der Waals surface area (Å²) in [7, 11) is 0. The summed E-state index contributed by atoms with van der Waals surface area (Å²) in [6.45, 7) is 8.58. The highest BCUT2D eigenvalue weighted by atomic mass is 14.9. The van der Waals surface area contributed by atoms with Gasteiger partial charge in [-0.3, -0.25) is 4.98 Å². The lowest BCUT2D eigenvalue weighted by atomic mass is 10.1. The Labute approximate surface area is 86.8 Å². The van der Waals surface area contributed by atoms with Gasteiger partial charge in [-0.05, 0) is 30.5 Å². The Morgan fingerprint density at radius 2 is 2.21 bits per heavy atom. The van der Waals surface area contributed by atoms with Crippen LogP contribution in [0.15, 0.2) is 18.5 Å². The highest BCUT2D eigenvalue weighted by Gasteiger charge is 1.98. The molecule has 1 atom stereocenters. The smallest absolute Gasteiger partial charge is 0.0313 e. The summed E-state index contributed by atoms with van der Waals surface area (Å²) in [5, 5.41) is 3.44. The number of nitrogens with zero attached hydrogens (tertiary/aromatic N) is 1. The maximum atomic E-state index is 4.16. The number of aryl methyl sites for hydroxylation is 1. The topological polar surface area (TPSA) is 24.9 Å². The Balaban J connectivity index is 2.31. The Kier molecular flexibility index (Phi) is 4.60. The van der Waals surface area contributed by atoms with Crippen LogP contribution in [-0.4, -0.2) is 11.5 Å². The fourth-order valence-electron chi connectivity index (χ4n) is 1.32. The molecule has 0 aliphatic heterocycles. The van der Waals surface area contributed by atoms with Gasteiger partial charge in [0.05, 0.1) is 0 Å². The largest absolute Gasteiger partial charge is 0.312 e. The van der Waals surface area contributed by atoms with Gasteiger partial charge in [-0.1, -0.05) is 26.3 Å². The number of rotatable bonds is 5. The number of pyridine rings is 1. The minimum atomic E-state index is 0.757. The maximum absolute atomic E-state index is 4.16. The van der Waals surface area contributed by atoms with Crippen molar-refractivity contribution >= 4 is 0 Å². The van der Waals surface area contributed by atoms with Crippen molar-refractivity contribution in [1.82, 2.24) is 10.3 Å². The molecule has 0 fully saturated rings. The summed E-state index contributed by atoms with van der Waals surface area (Å²) in [5.74, 6) is 0.757. The van der Waals surface area contributed by atoms with Crippen LogP contribution in [0.3, 0.4) is 0 Å². The Hall–Kier alpha value is -0.890. The van der Waals surface area contributed by atoms with Crippen molar-refractivity contribution in [2.45, 2.75) is 33.7 Å². The predicted octanol–water partition coefficient (Wildman–Crippen LogP) is 2.53. The van der Waals surface area contributed by atoms with E-state index in [0.29, 0.717) is 0 Å². The standard InChI is InChI=1S/C12H20N2/c1-4-10(2)6-13-8-12-5-11(3)7-14-9-12/h5,7,9-10,13H,4,6,8H2,1-3H3. The van der Waals surface area contributed by atoms with E-state index in [1.807, 2.05) is 12.4 Å². The summed E-state index contributed by atoms with van der Waals surface area (Å²) in [6, 6.07) is 2.18. The molecule has 2 heteroatoms. The Bertz CT molecular complexity index is 271. The summed E-state index contributed by atoms with van der Waals surface area (Å²) in [5.41, 5.74) is 2.50. The van der Waals surface area contributed by atoms with Gasteiger partial charge in [-0.2, -0.15) is 0 Å². The molecule has 1 aromatic heterocycles. The molecule has 0 aliphatic carbocycles. The van der Waals surface area contributed by atoms with E-state index in [-0.39, 0.29) is 0 Å². The van der Waals surface area contributed by atoms with Crippen molar-refractivity contribution in [3.63, 3.8) is 0 Å². The summed E-state index contributed by atoms with van der Waals surface area (Å²) >= 11 is 0. The molecule has 0 bridgehead atoms. The summed E-state index contributed by atoms with van der Waals surface area (Å²) in [6.07, 6.45) is 5.05. The molecule has 0 saturated carbocycles. The molecular formula is C12H20N2. The highest BCUT2D eigenvalue weighted by Crippen LogP contribution is 2.02. The molecule has 2 nitrogen and oxygen atoms in total. The summed E-state index contributed by atoms with van der Waals surface area (Å²) < 4.78 is 0. The molecule has 1 aromatic rings. The van der Waals surface area contributed by atoms with Crippen molar-refractivity contribution in [3.05, 3.63) is 29.6 Å². The van der Waals surface area contributed by atoms with Gasteiger partial charge in [-0.25, -0.2) is 0 Å². The first kappa shape index (κ1) is 11.2. The van der Waals surface area contributed by atoms with E-state index >= 15 is 0 Å². The average Bonchev–Trinajstić information content (AvgIpc) is 2.17. The molecule has 0 aliphatic rings. The van der Waals surface area contributed by atoms with Gasteiger partial charge in [-0.15, -0.1) is 0 Å². The zero-order valence-corrected chi connectivity index (χ0v) is 9.38. The molecule has 1 unspecified atom stereocenters. The van der Waals surface area contributed by atoms with Crippen LogP contribution in [0, 0.1) is 12.8 Å². The molecule has 1 rings (SSSR count). The van der Waals surface area contributed by atoms with Crippen LogP contribution in [-0.2, 0) is 6.54 Å². The van der Waals surface area contributed by atoms with Gasteiger partial charge >= 0.3 is 0 Å². The first-order chi connectivity index (χ1) is 6.72. The second-order valence-electron chi connectivity index (χ2n) is 4.01. The van der Waals surface area contributed by atoms with Crippen LogP contribution in [0.2, 0.25) is 0 Å². The fraction of sp³-hybridized carbons (Fsp3) is 0.583. The van der Waals surface area contributed by atoms with Crippen LogP contribution >= 0.6 is 0 Å². The minimum absolute atomic E-state index is 0.757. The third-order valence-electron chi connectivity index (χ3n) is 2.45. The monoisotopic (exact) mass is 192 g/mol. The predicted molar refractivity (Wildman–Crippen MR) is 60.1 cm³/mol. The lowest BCUT2D eigenvalue weighted by Gasteiger charge is -2.09. The van der Waals surface area contributed by atoms with E-state index in [0.717, 1.165) is 19.0 Å². The average molecular weight is 192 g/mol. The second-order valence-corrected chi connectivity index (χ2v) is 4.01. The molecular weight excluding hydrogens is 172 g/mol. The molecule has 0 spiro atoms. The lowest BCUT2D eigenvalue weighted by Crippen LogP contribution is -2.20. The third kappa shape index (κ3) is 3.88. The fourth-order valence-corrected chi connectivity index (χ4v) is 1.32. The zero-order chi connectivity index (χ0) is 10.4. The number of nitrogens with one attached hydrogen (secondary N) is 1. The van der Waals surface area contributed by atoms with Crippen molar-refractivity contribution in [2.24, 2.45) is 5.92 Å². The highest BCUT2D eigenvalue weighted by molar-refractivity contribution is 5.16. The molecule has 1 heterocycles. The number of aromatic nitrogens is 1. The van der Waals surface area contributed by atoms with Crippen LogP contribution in [0.25, 0.3) is 0 Å². The first-order valence-corrected chi connectivity index (χ1v) is 5.33. The molecule has 0 amide bonds. The lowest BCUT2D eigenvalue weighted by molar-refractivity contribution is 0.499. The van der Waals surface area contributed by atoms with E-state index in [4.69, 9.17) is 0 Å².